The lowest BCUT2D eigenvalue weighted by atomic mass is 9.92. The predicted octanol–water partition coefficient (Wildman–Crippen LogP) is 3.04. The van der Waals surface area contributed by atoms with E-state index in [0.29, 0.717) is 12.0 Å². The van der Waals surface area contributed by atoms with Crippen molar-refractivity contribution in [2.45, 2.75) is 32.7 Å². The number of para-hydroxylation sites is 1. The van der Waals surface area contributed by atoms with Crippen molar-refractivity contribution in [3.05, 3.63) is 30.1 Å². The molecule has 0 aliphatic carbocycles. The van der Waals surface area contributed by atoms with Crippen LogP contribution in [0.15, 0.2) is 24.3 Å². The van der Waals surface area contributed by atoms with Crippen LogP contribution in [0.2, 0.25) is 0 Å². The fourth-order valence-corrected chi connectivity index (χ4v) is 2.82. The van der Waals surface area contributed by atoms with E-state index in [4.69, 9.17) is 0 Å². The maximum Gasteiger partial charge on any atom is 0.146 e. The van der Waals surface area contributed by atoms with Crippen molar-refractivity contribution in [1.29, 1.82) is 0 Å². The minimum atomic E-state index is -0.110. The fraction of sp³-hybridized carbons (Fsp3) is 0.600. The van der Waals surface area contributed by atoms with E-state index in [9.17, 15) is 4.39 Å². The van der Waals surface area contributed by atoms with E-state index in [0.717, 1.165) is 25.3 Å². The molecule has 0 bridgehead atoms. The van der Waals surface area contributed by atoms with Crippen LogP contribution in [0.5, 0.6) is 0 Å². The quantitative estimate of drug-likeness (QED) is 0.883. The van der Waals surface area contributed by atoms with Crippen molar-refractivity contribution in [3.8, 4) is 0 Å². The molecule has 1 heterocycles. The van der Waals surface area contributed by atoms with Crippen LogP contribution in [-0.2, 0) is 0 Å². The van der Waals surface area contributed by atoms with E-state index in [1.807, 2.05) is 12.1 Å². The van der Waals surface area contributed by atoms with Gasteiger partial charge in [-0.3, -0.25) is 0 Å². The second-order valence-electron chi connectivity index (χ2n) is 5.24. The van der Waals surface area contributed by atoms with E-state index in [1.165, 1.54) is 12.8 Å². The van der Waals surface area contributed by atoms with E-state index in [1.54, 1.807) is 12.1 Å². The Balaban J connectivity index is 2.03. The molecule has 1 N–H and O–H groups in total. The zero-order chi connectivity index (χ0) is 13.0. The van der Waals surface area contributed by atoms with Gasteiger partial charge in [-0.1, -0.05) is 12.1 Å². The highest BCUT2D eigenvalue weighted by Gasteiger charge is 2.21. The number of rotatable bonds is 4. The molecule has 0 radical (unpaired) electrons. The molecule has 1 aliphatic heterocycles. The number of benzene rings is 1. The molecule has 2 nitrogen and oxygen atoms in total. The SMILES string of the molecule is CCN(CC1CCNC(C)C1)c1ccccc1F. The average molecular weight is 250 g/mol. The first-order valence-electron chi connectivity index (χ1n) is 6.93. The largest absolute Gasteiger partial charge is 0.369 e. The average Bonchev–Trinajstić information content (AvgIpc) is 2.37. The van der Waals surface area contributed by atoms with Gasteiger partial charge in [-0.05, 0) is 51.3 Å². The Kier molecular flexibility index (Phi) is 4.59. The van der Waals surface area contributed by atoms with Crippen molar-refractivity contribution >= 4 is 5.69 Å². The summed E-state index contributed by atoms with van der Waals surface area (Å²) in [5, 5.41) is 3.46. The molecular formula is C15H23FN2. The normalized spacial score (nSPS) is 23.9. The highest BCUT2D eigenvalue weighted by Crippen LogP contribution is 2.23. The van der Waals surface area contributed by atoms with Gasteiger partial charge in [-0.2, -0.15) is 0 Å². The zero-order valence-corrected chi connectivity index (χ0v) is 11.3. The van der Waals surface area contributed by atoms with Crippen LogP contribution >= 0.6 is 0 Å². The lowest BCUT2D eigenvalue weighted by molar-refractivity contribution is 0.316. The molecular weight excluding hydrogens is 227 g/mol. The smallest absolute Gasteiger partial charge is 0.146 e. The Morgan fingerprint density at radius 1 is 1.39 bits per heavy atom. The summed E-state index contributed by atoms with van der Waals surface area (Å²) < 4.78 is 13.8. The standard InChI is InChI=1S/C15H23FN2/c1-3-18(15-7-5-4-6-14(15)16)11-13-8-9-17-12(2)10-13/h4-7,12-13,17H,3,8-11H2,1-2H3. The van der Waals surface area contributed by atoms with Crippen LogP contribution in [0.3, 0.4) is 0 Å². The molecule has 1 fully saturated rings. The molecule has 1 aromatic carbocycles. The second-order valence-corrected chi connectivity index (χ2v) is 5.24. The topological polar surface area (TPSA) is 15.3 Å². The van der Waals surface area contributed by atoms with Crippen molar-refractivity contribution in [3.63, 3.8) is 0 Å². The molecule has 0 aromatic heterocycles. The van der Waals surface area contributed by atoms with Crippen LogP contribution in [0.4, 0.5) is 10.1 Å². The molecule has 1 aliphatic rings. The van der Waals surface area contributed by atoms with Gasteiger partial charge in [-0.25, -0.2) is 4.39 Å². The van der Waals surface area contributed by atoms with Crippen LogP contribution in [0.25, 0.3) is 0 Å². The van der Waals surface area contributed by atoms with Gasteiger partial charge in [-0.15, -0.1) is 0 Å². The minimum absolute atomic E-state index is 0.110. The molecule has 1 aromatic rings. The van der Waals surface area contributed by atoms with E-state index >= 15 is 0 Å². The first-order valence-corrected chi connectivity index (χ1v) is 6.93. The Morgan fingerprint density at radius 2 is 2.17 bits per heavy atom. The van der Waals surface area contributed by atoms with E-state index in [-0.39, 0.29) is 5.82 Å². The van der Waals surface area contributed by atoms with Crippen LogP contribution in [0.1, 0.15) is 26.7 Å². The van der Waals surface area contributed by atoms with Gasteiger partial charge < -0.3 is 10.2 Å². The number of hydrogen-bond donors (Lipinski definition) is 1. The monoisotopic (exact) mass is 250 g/mol. The summed E-state index contributed by atoms with van der Waals surface area (Å²) >= 11 is 0. The van der Waals surface area contributed by atoms with Crippen molar-refractivity contribution in [1.82, 2.24) is 5.32 Å². The summed E-state index contributed by atoms with van der Waals surface area (Å²) in [4.78, 5) is 2.16. The van der Waals surface area contributed by atoms with Crippen molar-refractivity contribution in [2.24, 2.45) is 5.92 Å². The third kappa shape index (κ3) is 3.22. The van der Waals surface area contributed by atoms with Crippen molar-refractivity contribution < 1.29 is 4.39 Å². The van der Waals surface area contributed by atoms with Crippen molar-refractivity contribution in [2.75, 3.05) is 24.5 Å². The maximum atomic E-state index is 13.8. The molecule has 2 unspecified atom stereocenters. The summed E-state index contributed by atoms with van der Waals surface area (Å²) in [7, 11) is 0. The molecule has 0 amide bonds. The summed E-state index contributed by atoms with van der Waals surface area (Å²) in [5.41, 5.74) is 0.742. The highest BCUT2D eigenvalue weighted by atomic mass is 19.1. The minimum Gasteiger partial charge on any atom is -0.369 e. The molecule has 3 heteroatoms. The highest BCUT2D eigenvalue weighted by molar-refractivity contribution is 5.47. The first kappa shape index (κ1) is 13.3. The van der Waals surface area contributed by atoms with E-state index < -0.39 is 0 Å². The second kappa shape index (κ2) is 6.19. The number of hydrogen-bond acceptors (Lipinski definition) is 2. The molecule has 2 atom stereocenters. The predicted molar refractivity (Wildman–Crippen MR) is 74.5 cm³/mol. The number of nitrogens with one attached hydrogen (secondary N) is 1. The maximum absolute atomic E-state index is 13.8. The summed E-state index contributed by atoms with van der Waals surface area (Å²) in [5.74, 6) is 0.558. The number of anilines is 1. The lowest BCUT2D eigenvalue weighted by Crippen LogP contribution is -2.40. The van der Waals surface area contributed by atoms with Gasteiger partial charge in [0.2, 0.25) is 0 Å². The molecule has 0 spiro atoms. The lowest BCUT2D eigenvalue weighted by Gasteiger charge is -2.33. The van der Waals surface area contributed by atoms with Gasteiger partial charge in [0.1, 0.15) is 5.82 Å². The van der Waals surface area contributed by atoms with Crippen LogP contribution in [0, 0.1) is 11.7 Å². The van der Waals surface area contributed by atoms with Gasteiger partial charge in [0.05, 0.1) is 5.69 Å². The van der Waals surface area contributed by atoms with E-state index in [2.05, 4.69) is 24.1 Å². The van der Waals surface area contributed by atoms with Crippen LogP contribution in [-0.4, -0.2) is 25.7 Å². The molecule has 100 valence electrons. The molecule has 1 saturated heterocycles. The molecule has 2 rings (SSSR count). The van der Waals surface area contributed by atoms with Gasteiger partial charge >= 0.3 is 0 Å². The van der Waals surface area contributed by atoms with Gasteiger partial charge in [0.15, 0.2) is 0 Å². The summed E-state index contributed by atoms with van der Waals surface area (Å²) in [6.07, 6.45) is 2.38. The number of piperidine rings is 1. The fourth-order valence-electron chi connectivity index (χ4n) is 2.82. The number of halogens is 1. The van der Waals surface area contributed by atoms with Gasteiger partial charge in [0, 0.05) is 19.1 Å². The zero-order valence-electron chi connectivity index (χ0n) is 11.3. The Morgan fingerprint density at radius 3 is 2.83 bits per heavy atom. The molecule has 18 heavy (non-hydrogen) atoms. The Bertz CT molecular complexity index is 381. The summed E-state index contributed by atoms with van der Waals surface area (Å²) in [6.45, 7) is 7.23. The van der Waals surface area contributed by atoms with Gasteiger partial charge in [0.25, 0.3) is 0 Å². The van der Waals surface area contributed by atoms with Crippen LogP contribution < -0.4 is 10.2 Å². The third-order valence-electron chi connectivity index (χ3n) is 3.79. The molecule has 0 saturated carbocycles. The summed E-state index contributed by atoms with van der Waals surface area (Å²) in [6, 6.07) is 7.67. The first-order chi connectivity index (χ1) is 8.70. The Hall–Kier alpha value is -1.09. The Labute approximate surface area is 109 Å². The third-order valence-corrected chi connectivity index (χ3v) is 3.79. The number of nitrogens with zero attached hydrogens (tertiary/aromatic N) is 1.